The van der Waals surface area contributed by atoms with Gasteiger partial charge in [0.1, 0.15) is 11.6 Å². The van der Waals surface area contributed by atoms with Crippen molar-refractivity contribution in [2.75, 3.05) is 37.8 Å². The van der Waals surface area contributed by atoms with E-state index in [0.29, 0.717) is 29.6 Å². The molecule has 0 bridgehead atoms. The lowest BCUT2D eigenvalue weighted by molar-refractivity contribution is -0.274. The van der Waals surface area contributed by atoms with Crippen LogP contribution in [0.5, 0.6) is 5.75 Å². The number of para-hydroxylation sites is 1. The molecule has 0 saturated heterocycles. The molecule has 3 aromatic rings. The van der Waals surface area contributed by atoms with Crippen LogP contribution in [0.25, 0.3) is 11.3 Å². The summed E-state index contributed by atoms with van der Waals surface area (Å²) in [5.74, 6) is 0.562. The average Bonchev–Trinajstić information content (AvgIpc) is 2.72. The van der Waals surface area contributed by atoms with Crippen molar-refractivity contribution in [1.82, 2.24) is 14.9 Å². The molecular weight excluding hydrogens is 487 g/mol. The number of benzene rings is 2. The Hall–Kier alpha value is -2.85. The average molecular weight is 510 g/mol. The highest BCUT2D eigenvalue weighted by Crippen LogP contribution is 2.30. The second kappa shape index (κ2) is 10.6. The van der Waals surface area contributed by atoms with Crippen molar-refractivity contribution >= 4 is 33.4 Å². The highest BCUT2D eigenvalue weighted by molar-refractivity contribution is 9.10. The summed E-state index contributed by atoms with van der Waals surface area (Å²) in [5.41, 5.74) is 1.72. The summed E-state index contributed by atoms with van der Waals surface area (Å²) in [4.78, 5) is 11.1. The molecule has 0 spiro atoms. The maximum Gasteiger partial charge on any atom is 0.573 e. The molecule has 1 heterocycles. The van der Waals surface area contributed by atoms with Gasteiger partial charge in [-0.2, -0.15) is 4.98 Å². The Morgan fingerprint density at radius 1 is 1.03 bits per heavy atom. The van der Waals surface area contributed by atoms with E-state index in [1.807, 2.05) is 38.4 Å². The SMILES string of the molecule is CN(C)CCCNc1nc(Nc2ccccc2Br)cc(-c2cccc(OC(F)(F)F)c2)n1. The van der Waals surface area contributed by atoms with Gasteiger partial charge in [0, 0.05) is 22.6 Å². The van der Waals surface area contributed by atoms with Crippen LogP contribution in [-0.4, -0.2) is 48.4 Å². The van der Waals surface area contributed by atoms with E-state index in [-0.39, 0.29) is 5.75 Å². The predicted molar refractivity (Wildman–Crippen MR) is 123 cm³/mol. The van der Waals surface area contributed by atoms with Crippen LogP contribution >= 0.6 is 15.9 Å². The first-order valence-electron chi connectivity index (χ1n) is 9.85. The summed E-state index contributed by atoms with van der Waals surface area (Å²) in [5, 5.41) is 6.42. The topological polar surface area (TPSA) is 62.3 Å². The minimum atomic E-state index is -4.77. The molecule has 2 N–H and O–H groups in total. The lowest BCUT2D eigenvalue weighted by atomic mass is 10.1. The van der Waals surface area contributed by atoms with Gasteiger partial charge in [-0.1, -0.05) is 24.3 Å². The highest BCUT2D eigenvalue weighted by atomic mass is 79.9. The second-order valence-electron chi connectivity index (χ2n) is 7.23. The fraction of sp³-hybridized carbons (Fsp3) is 0.273. The van der Waals surface area contributed by atoms with Gasteiger partial charge in [-0.3, -0.25) is 0 Å². The normalized spacial score (nSPS) is 11.5. The largest absolute Gasteiger partial charge is 0.573 e. The molecule has 0 aliphatic heterocycles. The molecule has 6 nitrogen and oxygen atoms in total. The third-order valence-electron chi connectivity index (χ3n) is 4.29. The number of rotatable bonds is 9. The van der Waals surface area contributed by atoms with Crippen LogP contribution in [-0.2, 0) is 0 Å². The van der Waals surface area contributed by atoms with Gasteiger partial charge >= 0.3 is 6.36 Å². The van der Waals surface area contributed by atoms with E-state index >= 15 is 0 Å². The van der Waals surface area contributed by atoms with E-state index in [1.165, 1.54) is 18.2 Å². The van der Waals surface area contributed by atoms with E-state index in [4.69, 9.17) is 0 Å². The monoisotopic (exact) mass is 509 g/mol. The van der Waals surface area contributed by atoms with Crippen LogP contribution < -0.4 is 15.4 Å². The standard InChI is InChI=1S/C22H23BrF3N5O/c1-31(2)12-6-11-27-21-29-19(15-7-5-8-16(13-15)32-22(24,25)26)14-20(30-21)28-18-10-4-3-9-17(18)23/h3-5,7-10,13-14H,6,11-12H2,1-2H3,(H2,27,28,29,30). The van der Waals surface area contributed by atoms with Crippen molar-refractivity contribution < 1.29 is 17.9 Å². The van der Waals surface area contributed by atoms with Crippen LogP contribution in [0.3, 0.4) is 0 Å². The minimum absolute atomic E-state index is 0.311. The van der Waals surface area contributed by atoms with E-state index in [0.717, 1.165) is 23.1 Å². The molecule has 32 heavy (non-hydrogen) atoms. The van der Waals surface area contributed by atoms with Crippen molar-refractivity contribution in [1.29, 1.82) is 0 Å². The number of ether oxygens (including phenoxy) is 1. The third-order valence-corrected chi connectivity index (χ3v) is 4.98. The Balaban J connectivity index is 1.91. The van der Waals surface area contributed by atoms with Crippen LogP contribution in [0.15, 0.2) is 59.1 Å². The number of hydrogen-bond donors (Lipinski definition) is 2. The van der Waals surface area contributed by atoms with Crippen molar-refractivity contribution in [2.45, 2.75) is 12.8 Å². The number of nitrogens with one attached hydrogen (secondary N) is 2. The zero-order valence-electron chi connectivity index (χ0n) is 17.6. The number of nitrogens with zero attached hydrogens (tertiary/aromatic N) is 3. The lowest BCUT2D eigenvalue weighted by Gasteiger charge is -2.14. The second-order valence-corrected chi connectivity index (χ2v) is 8.08. The number of hydrogen-bond acceptors (Lipinski definition) is 6. The molecule has 3 rings (SSSR count). The van der Waals surface area contributed by atoms with Crippen LogP contribution in [0.4, 0.5) is 30.6 Å². The van der Waals surface area contributed by atoms with Gasteiger partial charge in [0.15, 0.2) is 0 Å². The lowest BCUT2D eigenvalue weighted by Crippen LogP contribution is -2.17. The Morgan fingerprint density at radius 3 is 2.53 bits per heavy atom. The fourth-order valence-corrected chi connectivity index (χ4v) is 3.27. The van der Waals surface area contributed by atoms with Gasteiger partial charge in [0.05, 0.1) is 11.4 Å². The molecule has 0 fully saturated rings. The van der Waals surface area contributed by atoms with E-state index in [2.05, 4.69) is 46.2 Å². The molecule has 0 amide bonds. The first-order valence-corrected chi connectivity index (χ1v) is 10.6. The Kier molecular flexibility index (Phi) is 7.92. The van der Waals surface area contributed by atoms with Gasteiger partial charge in [-0.25, -0.2) is 4.98 Å². The van der Waals surface area contributed by atoms with Crippen LogP contribution in [0.1, 0.15) is 6.42 Å². The number of anilines is 3. The van der Waals surface area contributed by atoms with Crippen LogP contribution in [0.2, 0.25) is 0 Å². The summed E-state index contributed by atoms with van der Waals surface area (Å²) in [6.07, 6.45) is -3.89. The van der Waals surface area contributed by atoms with Gasteiger partial charge in [0.25, 0.3) is 0 Å². The molecule has 0 unspecified atom stereocenters. The molecular formula is C22H23BrF3N5O. The molecule has 0 aliphatic carbocycles. The first-order chi connectivity index (χ1) is 15.2. The fourth-order valence-electron chi connectivity index (χ4n) is 2.89. The van der Waals surface area contributed by atoms with E-state index in [9.17, 15) is 13.2 Å². The molecule has 0 saturated carbocycles. The number of aromatic nitrogens is 2. The summed E-state index contributed by atoms with van der Waals surface area (Å²) in [6.45, 7) is 1.54. The minimum Gasteiger partial charge on any atom is -0.406 e. The molecule has 170 valence electrons. The smallest absolute Gasteiger partial charge is 0.406 e. The van der Waals surface area contributed by atoms with Gasteiger partial charge < -0.3 is 20.3 Å². The predicted octanol–water partition coefficient (Wildman–Crippen LogP) is 5.91. The quantitative estimate of drug-likeness (QED) is 0.349. The molecule has 10 heteroatoms. The van der Waals surface area contributed by atoms with Crippen molar-refractivity contribution in [3.63, 3.8) is 0 Å². The Bertz CT molecular complexity index is 1050. The maximum absolute atomic E-state index is 12.6. The third kappa shape index (κ3) is 7.38. The maximum atomic E-state index is 12.6. The number of halogens is 4. The summed E-state index contributed by atoms with van der Waals surface area (Å²) < 4.78 is 42.8. The molecule has 0 radical (unpaired) electrons. The summed E-state index contributed by atoms with van der Waals surface area (Å²) in [6, 6.07) is 14.9. The molecule has 1 aromatic heterocycles. The molecule has 2 aromatic carbocycles. The van der Waals surface area contributed by atoms with Gasteiger partial charge in [-0.15, -0.1) is 13.2 Å². The Morgan fingerprint density at radius 2 is 1.81 bits per heavy atom. The number of alkyl halides is 3. The first kappa shape index (κ1) is 23.8. The van der Waals surface area contributed by atoms with Crippen LogP contribution in [0, 0.1) is 0 Å². The summed E-state index contributed by atoms with van der Waals surface area (Å²) >= 11 is 3.49. The van der Waals surface area contributed by atoms with E-state index < -0.39 is 6.36 Å². The van der Waals surface area contributed by atoms with Crippen molar-refractivity contribution in [3.05, 3.63) is 59.1 Å². The van der Waals surface area contributed by atoms with Crippen molar-refractivity contribution in [2.24, 2.45) is 0 Å². The zero-order valence-corrected chi connectivity index (χ0v) is 19.2. The highest BCUT2D eigenvalue weighted by Gasteiger charge is 2.31. The zero-order chi connectivity index (χ0) is 23.1. The van der Waals surface area contributed by atoms with Gasteiger partial charge in [0.2, 0.25) is 5.95 Å². The Labute approximate surface area is 193 Å². The molecule has 0 aliphatic rings. The summed E-state index contributed by atoms with van der Waals surface area (Å²) in [7, 11) is 3.99. The van der Waals surface area contributed by atoms with E-state index in [1.54, 1.807) is 12.1 Å². The van der Waals surface area contributed by atoms with Gasteiger partial charge in [-0.05, 0) is 67.3 Å². The molecule has 0 atom stereocenters. The van der Waals surface area contributed by atoms with Crippen molar-refractivity contribution in [3.8, 4) is 17.0 Å².